The van der Waals surface area contributed by atoms with Crippen molar-refractivity contribution in [3.63, 3.8) is 0 Å². The second-order valence-corrected chi connectivity index (χ2v) is 8.20. The lowest BCUT2D eigenvalue weighted by Crippen LogP contribution is -2.37. The summed E-state index contributed by atoms with van der Waals surface area (Å²) in [6.45, 7) is 6.59. The number of fused-ring (bicyclic) bond motifs is 1. The molecule has 1 N–H and O–H groups in total. The molecule has 1 amide bonds. The minimum Gasteiger partial charge on any atom is -0.349 e. The first-order valence-corrected chi connectivity index (χ1v) is 9.46. The maximum atomic E-state index is 12.3. The van der Waals surface area contributed by atoms with Gasteiger partial charge in [-0.25, -0.2) is 8.42 Å². The SMILES string of the molecule is CC(C)[C@@H](C)NC(=O)c1ccc2c(c1)CCCN2S(C)(=O)=O. The second kappa shape index (κ2) is 6.28. The molecule has 22 heavy (non-hydrogen) atoms. The van der Waals surface area contributed by atoms with Crippen LogP contribution < -0.4 is 9.62 Å². The quantitative estimate of drug-likeness (QED) is 0.923. The summed E-state index contributed by atoms with van der Waals surface area (Å²) < 4.78 is 25.1. The fourth-order valence-corrected chi connectivity index (χ4v) is 3.50. The van der Waals surface area contributed by atoms with E-state index in [4.69, 9.17) is 0 Å². The van der Waals surface area contributed by atoms with Gasteiger partial charge in [0.1, 0.15) is 0 Å². The van der Waals surface area contributed by atoms with Crippen LogP contribution in [-0.4, -0.2) is 33.2 Å². The smallest absolute Gasteiger partial charge is 0.251 e. The van der Waals surface area contributed by atoms with Gasteiger partial charge in [-0.3, -0.25) is 9.10 Å². The maximum absolute atomic E-state index is 12.3. The van der Waals surface area contributed by atoms with E-state index in [1.54, 1.807) is 12.1 Å². The Morgan fingerprint density at radius 2 is 1.95 bits per heavy atom. The van der Waals surface area contributed by atoms with Crippen LogP contribution in [0.5, 0.6) is 0 Å². The summed E-state index contributed by atoms with van der Waals surface area (Å²) in [6.07, 6.45) is 2.78. The monoisotopic (exact) mass is 324 g/mol. The average molecular weight is 324 g/mol. The number of carbonyl (C=O) groups excluding carboxylic acids is 1. The van der Waals surface area contributed by atoms with Crippen LogP contribution in [-0.2, 0) is 16.4 Å². The highest BCUT2D eigenvalue weighted by Gasteiger charge is 2.25. The summed E-state index contributed by atoms with van der Waals surface area (Å²) >= 11 is 0. The molecule has 6 heteroatoms. The van der Waals surface area contributed by atoms with Gasteiger partial charge in [0.15, 0.2) is 0 Å². The van der Waals surface area contributed by atoms with Crippen LogP contribution in [0.1, 0.15) is 43.1 Å². The number of rotatable bonds is 4. The highest BCUT2D eigenvalue weighted by Crippen LogP contribution is 2.29. The van der Waals surface area contributed by atoms with Gasteiger partial charge >= 0.3 is 0 Å². The molecule has 0 saturated carbocycles. The van der Waals surface area contributed by atoms with Crippen LogP contribution in [0.25, 0.3) is 0 Å². The van der Waals surface area contributed by atoms with E-state index in [1.165, 1.54) is 10.6 Å². The number of amides is 1. The van der Waals surface area contributed by atoms with Gasteiger partial charge in [-0.1, -0.05) is 13.8 Å². The lowest BCUT2D eigenvalue weighted by atomic mass is 10.00. The summed E-state index contributed by atoms with van der Waals surface area (Å²) in [5.41, 5.74) is 2.20. The Bertz CT molecular complexity index is 668. The van der Waals surface area contributed by atoms with Gasteiger partial charge in [0.25, 0.3) is 5.91 Å². The number of hydrogen-bond acceptors (Lipinski definition) is 3. The normalized spacial score (nSPS) is 16.3. The van der Waals surface area contributed by atoms with E-state index in [0.717, 1.165) is 18.4 Å². The largest absolute Gasteiger partial charge is 0.349 e. The van der Waals surface area contributed by atoms with Gasteiger partial charge in [0, 0.05) is 18.2 Å². The Labute approximate surface area is 132 Å². The molecule has 1 aliphatic heterocycles. The maximum Gasteiger partial charge on any atom is 0.251 e. The molecule has 0 saturated heterocycles. The van der Waals surface area contributed by atoms with Crippen LogP contribution in [0.15, 0.2) is 18.2 Å². The second-order valence-electron chi connectivity index (χ2n) is 6.29. The standard InChI is InChI=1S/C16H24N2O3S/c1-11(2)12(3)17-16(19)14-7-8-15-13(10-14)6-5-9-18(15)22(4,20)21/h7-8,10-12H,5-6,9H2,1-4H3,(H,17,19)/t12-/m1/s1. The van der Waals surface area contributed by atoms with Crippen LogP contribution in [0, 0.1) is 5.92 Å². The van der Waals surface area contributed by atoms with Crippen LogP contribution in [0.4, 0.5) is 5.69 Å². The molecule has 0 fully saturated rings. The number of benzene rings is 1. The number of nitrogens with zero attached hydrogens (tertiary/aromatic N) is 1. The van der Waals surface area contributed by atoms with Crippen molar-refractivity contribution in [1.29, 1.82) is 0 Å². The number of sulfonamides is 1. The molecule has 122 valence electrons. The van der Waals surface area contributed by atoms with Gasteiger partial charge in [0.2, 0.25) is 10.0 Å². The zero-order chi connectivity index (χ0) is 16.5. The topological polar surface area (TPSA) is 66.5 Å². The Balaban J connectivity index is 2.27. The Hall–Kier alpha value is -1.56. The summed E-state index contributed by atoms with van der Waals surface area (Å²) in [4.78, 5) is 12.3. The minimum absolute atomic E-state index is 0.0936. The molecule has 0 unspecified atom stereocenters. The number of hydrogen-bond donors (Lipinski definition) is 1. The lowest BCUT2D eigenvalue weighted by Gasteiger charge is -2.29. The molecule has 0 aromatic heterocycles. The minimum atomic E-state index is -3.27. The van der Waals surface area contributed by atoms with E-state index in [2.05, 4.69) is 19.2 Å². The van der Waals surface area contributed by atoms with E-state index in [1.807, 2.05) is 13.0 Å². The molecule has 1 atom stereocenters. The van der Waals surface area contributed by atoms with Crippen LogP contribution >= 0.6 is 0 Å². The zero-order valence-electron chi connectivity index (χ0n) is 13.6. The van der Waals surface area contributed by atoms with Crippen molar-refractivity contribution in [2.45, 2.75) is 39.7 Å². The molecule has 0 spiro atoms. The molecule has 2 rings (SSSR count). The first-order valence-electron chi connectivity index (χ1n) is 7.61. The van der Waals surface area contributed by atoms with Gasteiger partial charge in [-0.05, 0) is 49.4 Å². The molecule has 5 nitrogen and oxygen atoms in total. The fraction of sp³-hybridized carbons (Fsp3) is 0.562. The fourth-order valence-electron chi connectivity index (χ4n) is 2.51. The number of carbonyl (C=O) groups is 1. The van der Waals surface area contributed by atoms with E-state index >= 15 is 0 Å². The first kappa shape index (κ1) is 16.8. The van der Waals surface area contributed by atoms with E-state index in [0.29, 0.717) is 23.7 Å². The van der Waals surface area contributed by atoms with E-state index < -0.39 is 10.0 Å². The van der Waals surface area contributed by atoms with Gasteiger partial charge < -0.3 is 5.32 Å². The summed E-state index contributed by atoms with van der Waals surface area (Å²) in [6, 6.07) is 5.35. The molecule has 1 heterocycles. The average Bonchev–Trinajstić information content (AvgIpc) is 2.44. The predicted octanol–water partition coefficient (Wildman–Crippen LogP) is 2.17. The molecule has 0 bridgehead atoms. The van der Waals surface area contributed by atoms with Gasteiger partial charge in [-0.2, -0.15) is 0 Å². The van der Waals surface area contributed by atoms with Crippen molar-refractivity contribution >= 4 is 21.6 Å². The van der Waals surface area contributed by atoms with Gasteiger partial charge in [0.05, 0.1) is 11.9 Å². The number of aryl methyl sites for hydroxylation is 1. The Kier molecular flexibility index (Phi) is 4.80. The first-order chi connectivity index (χ1) is 10.2. The van der Waals surface area contributed by atoms with Crippen molar-refractivity contribution in [3.8, 4) is 0 Å². The summed E-state index contributed by atoms with van der Waals surface area (Å²) in [5, 5.41) is 2.97. The molecular formula is C16H24N2O3S. The van der Waals surface area contributed by atoms with E-state index in [9.17, 15) is 13.2 Å². The van der Waals surface area contributed by atoms with Crippen LogP contribution in [0.3, 0.4) is 0 Å². The molecule has 0 aliphatic carbocycles. The highest BCUT2D eigenvalue weighted by atomic mass is 32.2. The molecule has 0 radical (unpaired) electrons. The third-order valence-electron chi connectivity index (χ3n) is 4.18. The third-order valence-corrected chi connectivity index (χ3v) is 5.36. The summed E-state index contributed by atoms with van der Waals surface area (Å²) in [5.74, 6) is 0.253. The predicted molar refractivity (Wildman–Crippen MR) is 88.7 cm³/mol. The highest BCUT2D eigenvalue weighted by molar-refractivity contribution is 7.92. The molecular weight excluding hydrogens is 300 g/mol. The molecule has 1 aliphatic rings. The molecule has 1 aromatic rings. The van der Waals surface area contributed by atoms with Gasteiger partial charge in [-0.15, -0.1) is 0 Å². The van der Waals surface area contributed by atoms with Crippen molar-refractivity contribution in [2.75, 3.05) is 17.1 Å². The Morgan fingerprint density at radius 3 is 2.55 bits per heavy atom. The Morgan fingerprint density at radius 1 is 1.27 bits per heavy atom. The van der Waals surface area contributed by atoms with Crippen molar-refractivity contribution in [2.24, 2.45) is 5.92 Å². The van der Waals surface area contributed by atoms with E-state index in [-0.39, 0.29) is 11.9 Å². The number of anilines is 1. The van der Waals surface area contributed by atoms with Crippen molar-refractivity contribution < 1.29 is 13.2 Å². The summed E-state index contributed by atoms with van der Waals surface area (Å²) in [7, 11) is -3.27. The van der Waals surface area contributed by atoms with Crippen molar-refractivity contribution in [1.82, 2.24) is 5.32 Å². The zero-order valence-corrected chi connectivity index (χ0v) is 14.4. The third kappa shape index (κ3) is 3.61. The number of nitrogens with one attached hydrogen (secondary N) is 1. The van der Waals surface area contributed by atoms with Crippen molar-refractivity contribution in [3.05, 3.63) is 29.3 Å². The molecule has 1 aromatic carbocycles. The van der Waals surface area contributed by atoms with Crippen LogP contribution in [0.2, 0.25) is 0 Å². The lowest BCUT2D eigenvalue weighted by molar-refractivity contribution is 0.0930.